The first-order valence-corrected chi connectivity index (χ1v) is 7.36. The Balaban J connectivity index is 0.00000242. The van der Waals surface area contributed by atoms with Crippen molar-refractivity contribution in [3.63, 3.8) is 0 Å². The maximum Gasteiger partial charge on any atom is 0.443 e. The summed E-state index contributed by atoms with van der Waals surface area (Å²) in [5.41, 5.74) is 0.269. The van der Waals surface area contributed by atoms with Crippen LogP contribution in [0, 0.1) is 5.92 Å². The van der Waals surface area contributed by atoms with Gasteiger partial charge < -0.3 is 5.32 Å². The Kier molecular flexibility index (Phi) is 6.52. The highest BCUT2D eigenvalue weighted by molar-refractivity contribution is 7.09. The molecule has 1 saturated carbocycles. The Morgan fingerprint density at radius 3 is 2.14 bits per heavy atom. The molecule has 0 radical (unpaired) electrons. The van der Waals surface area contributed by atoms with Gasteiger partial charge in [0.15, 0.2) is 5.01 Å². The maximum absolute atomic E-state index is 12.5. The average molecular weight is 369 g/mol. The number of thiazole rings is 1. The molecule has 10 heteroatoms. The summed E-state index contributed by atoms with van der Waals surface area (Å²) in [4.78, 5) is 3.47. The number of nitrogens with one attached hydrogen (secondary N) is 1. The lowest BCUT2D eigenvalue weighted by atomic mass is 9.85. The first-order chi connectivity index (χ1) is 9.66. The Morgan fingerprint density at radius 1 is 1.09 bits per heavy atom. The SMILES string of the molecule is Cl.FC(F)(F)c1nc(CNC2CCC(C(F)(F)F)CC2)cs1. The minimum atomic E-state index is -4.45. The molecule has 22 heavy (non-hydrogen) atoms. The number of rotatable bonds is 3. The van der Waals surface area contributed by atoms with E-state index in [0.717, 1.165) is 0 Å². The molecular formula is C12H15ClF6N2S. The first kappa shape index (κ1) is 19.5. The van der Waals surface area contributed by atoms with Gasteiger partial charge in [-0.05, 0) is 25.7 Å². The Bertz CT molecular complexity index is 465. The molecule has 1 N–H and O–H groups in total. The zero-order valence-corrected chi connectivity index (χ0v) is 12.9. The second kappa shape index (κ2) is 7.35. The molecule has 0 aromatic carbocycles. The number of aromatic nitrogens is 1. The number of alkyl halides is 6. The molecule has 1 aliphatic rings. The zero-order chi connectivity index (χ0) is 15.7. The van der Waals surface area contributed by atoms with Crippen LogP contribution in [0.1, 0.15) is 36.4 Å². The third kappa shape index (κ3) is 5.27. The van der Waals surface area contributed by atoms with E-state index in [1.165, 1.54) is 5.38 Å². The van der Waals surface area contributed by atoms with Crippen molar-refractivity contribution in [2.45, 2.75) is 50.6 Å². The molecule has 0 bridgehead atoms. The number of hydrogen-bond donors (Lipinski definition) is 1. The number of hydrogen-bond acceptors (Lipinski definition) is 3. The second-order valence-corrected chi connectivity index (χ2v) is 5.97. The van der Waals surface area contributed by atoms with Crippen LogP contribution in [0.25, 0.3) is 0 Å². The zero-order valence-electron chi connectivity index (χ0n) is 11.3. The quantitative estimate of drug-likeness (QED) is 0.776. The average Bonchev–Trinajstić information content (AvgIpc) is 2.84. The van der Waals surface area contributed by atoms with Crippen molar-refractivity contribution >= 4 is 23.7 Å². The number of nitrogens with zero attached hydrogens (tertiary/aromatic N) is 1. The summed E-state index contributed by atoms with van der Waals surface area (Å²) >= 11 is 0.522. The van der Waals surface area contributed by atoms with Crippen molar-refractivity contribution in [1.29, 1.82) is 0 Å². The first-order valence-electron chi connectivity index (χ1n) is 6.48. The van der Waals surface area contributed by atoms with Gasteiger partial charge in [0, 0.05) is 18.0 Å². The highest BCUT2D eigenvalue weighted by Gasteiger charge is 2.41. The monoisotopic (exact) mass is 368 g/mol. The lowest BCUT2D eigenvalue weighted by molar-refractivity contribution is -0.182. The summed E-state index contributed by atoms with van der Waals surface area (Å²) in [5, 5.41) is 3.40. The standard InChI is InChI=1S/C12H14F6N2S.ClH/c13-11(14,15)7-1-3-8(4-2-7)19-5-9-6-21-10(20-9)12(16,17)18;/h6-8,19H,1-5H2;1H. The van der Waals surface area contributed by atoms with Gasteiger partial charge in [0.05, 0.1) is 11.6 Å². The van der Waals surface area contributed by atoms with Gasteiger partial charge in [0.2, 0.25) is 0 Å². The van der Waals surface area contributed by atoms with E-state index < -0.39 is 23.3 Å². The molecule has 0 spiro atoms. The molecule has 1 fully saturated rings. The summed E-state index contributed by atoms with van der Waals surface area (Å²) in [6.45, 7) is 0.147. The van der Waals surface area contributed by atoms with Crippen molar-refractivity contribution in [1.82, 2.24) is 10.3 Å². The molecule has 2 nitrogen and oxygen atoms in total. The van der Waals surface area contributed by atoms with E-state index in [0.29, 0.717) is 24.2 Å². The van der Waals surface area contributed by atoms with Gasteiger partial charge in [0.1, 0.15) is 0 Å². The van der Waals surface area contributed by atoms with Crippen molar-refractivity contribution in [2.75, 3.05) is 0 Å². The fourth-order valence-electron chi connectivity index (χ4n) is 2.39. The van der Waals surface area contributed by atoms with Crippen LogP contribution in [-0.4, -0.2) is 17.2 Å². The number of halogens is 7. The van der Waals surface area contributed by atoms with Gasteiger partial charge in [0.25, 0.3) is 0 Å². The summed E-state index contributed by atoms with van der Waals surface area (Å²) in [6, 6.07) is -0.0976. The maximum atomic E-state index is 12.5. The van der Waals surface area contributed by atoms with E-state index in [1.54, 1.807) is 0 Å². The van der Waals surface area contributed by atoms with Crippen LogP contribution in [0.2, 0.25) is 0 Å². The summed E-state index contributed by atoms with van der Waals surface area (Å²) in [7, 11) is 0. The van der Waals surface area contributed by atoms with Crippen molar-refractivity contribution in [3.05, 3.63) is 16.1 Å². The van der Waals surface area contributed by atoms with Crippen LogP contribution in [0.3, 0.4) is 0 Å². The van der Waals surface area contributed by atoms with Crippen LogP contribution < -0.4 is 5.32 Å². The molecule has 0 unspecified atom stereocenters. The summed E-state index contributed by atoms with van der Waals surface area (Å²) in [5.74, 6) is -1.26. The van der Waals surface area contributed by atoms with Gasteiger partial charge in [-0.2, -0.15) is 26.3 Å². The molecule has 0 atom stereocenters. The smallest absolute Gasteiger partial charge is 0.308 e. The predicted molar refractivity (Wildman–Crippen MR) is 73.0 cm³/mol. The van der Waals surface area contributed by atoms with Gasteiger partial charge in [-0.15, -0.1) is 23.7 Å². The lowest BCUT2D eigenvalue weighted by Gasteiger charge is -2.30. The van der Waals surface area contributed by atoms with Crippen LogP contribution in [0.4, 0.5) is 26.3 Å². The second-order valence-electron chi connectivity index (χ2n) is 5.11. The van der Waals surface area contributed by atoms with Crippen molar-refractivity contribution in [3.8, 4) is 0 Å². The van der Waals surface area contributed by atoms with Crippen LogP contribution >= 0.6 is 23.7 Å². The van der Waals surface area contributed by atoms with Crippen LogP contribution in [-0.2, 0) is 12.7 Å². The van der Waals surface area contributed by atoms with Crippen molar-refractivity contribution in [2.24, 2.45) is 5.92 Å². The van der Waals surface area contributed by atoms with Crippen molar-refractivity contribution < 1.29 is 26.3 Å². The largest absolute Gasteiger partial charge is 0.443 e. The van der Waals surface area contributed by atoms with E-state index in [4.69, 9.17) is 0 Å². The minimum Gasteiger partial charge on any atom is -0.308 e. The van der Waals surface area contributed by atoms with Crippen LogP contribution in [0.5, 0.6) is 0 Å². The van der Waals surface area contributed by atoms with E-state index in [1.807, 2.05) is 0 Å². The molecule has 0 saturated heterocycles. The molecule has 1 aromatic rings. The normalized spacial score (nSPS) is 23.2. The third-order valence-corrected chi connectivity index (χ3v) is 4.49. The fourth-order valence-corrected chi connectivity index (χ4v) is 3.08. The van der Waals surface area contributed by atoms with Gasteiger partial charge >= 0.3 is 12.4 Å². The fraction of sp³-hybridized carbons (Fsp3) is 0.750. The third-order valence-electron chi connectivity index (χ3n) is 3.56. The molecule has 128 valence electrons. The van der Waals surface area contributed by atoms with Gasteiger partial charge in [-0.1, -0.05) is 0 Å². The molecule has 1 aliphatic carbocycles. The van der Waals surface area contributed by atoms with E-state index in [9.17, 15) is 26.3 Å². The van der Waals surface area contributed by atoms with Gasteiger partial charge in [-0.3, -0.25) is 0 Å². The molecule has 1 aromatic heterocycles. The summed E-state index contributed by atoms with van der Waals surface area (Å²) in [6.07, 6.45) is -7.73. The molecule has 0 amide bonds. The van der Waals surface area contributed by atoms with E-state index in [-0.39, 0.29) is 43.5 Å². The van der Waals surface area contributed by atoms with Crippen LogP contribution in [0.15, 0.2) is 5.38 Å². The molecule has 0 aliphatic heterocycles. The Labute approximate surface area is 133 Å². The lowest BCUT2D eigenvalue weighted by Crippen LogP contribution is -2.36. The van der Waals surface area contributed by atoms with Gasteiger partial charge in [-0.25, -0.2) is 4.98 Å². The summed E-state index contributed by atoms with van der Waals surface area (Å²) < 4.78 is 74.6. The molecular weight excluding hydrogens is 354 g/mol. The topological polar surface area (TPSA) is 24.9 Å². The predicted octanol–water partition coefficient (Wildman–Crippen LogP) is 4.79. The highest BCUT2D eigenvalue weighted by Crippen LogP contribution is 2.37. The van der Waals surface area contributed by atoms with E-state index >= 15 is 0 Å². The molecule has 1 heterocycles. The minimum absolute atomic E-state index is 0. The Morgan fingerprint density at radius 2 is 1.68 bits per heavy atom. The Hall–Kier alpha value is -0.540. The molecule has 2 rings (SSSR count). The van der Waals surface area contributed by atoms with E-state index in [2.05, 4.69) is 10.3 Å². The highest BCUT2D eigenvalue weighted by atomic mass is 35.5.